The highest BCUT2D eigenvalue weighted by Crippen LogP contribution is 2.35. The Morgan fingerprint density at radius 2 is 2.30 bits per heavy atom. The maximum Gasteiger partial charge on any atom is 0.175 e. The molecule has 0 saturated carbocycles. The second-order valence-corrected chi connectivity index (χ2v) is 5.44. The predicted molar refractivity (Wildman–Crippen MR) is 75.6 cm³/mol. The Kier molecular flexibility index (Phi) is 3.17. The number of Topliss-reactive ketones (excluding diaryl/α,β-unsaturated/α-hetero) is 1. The third kappa shape index (κ3) is 2.06. The van der Waals surface area contributed by atoms with Crippen LogP contribution < -0.4 is 5.32 Å². The number of phenolic OH excluding ortho intramolecular Hbond substituents is 1. The number of nitrogens with one attached hydrogen (secondary N) is 1. The van der Waals surface area contributed by atoms with Gasteiger partial charge in [0.05, 0.1) is 11.5 Å². The molecule has 6 heteroatoms. The van der Waals surface area contributed by atoms with Crippen LogP contribution >= 0.6 is 15.9 Å². The van der Waals surface area contributed by atoms with Crippen molar-refractivity contribution in [1.29, 1.82) is 0 Å². The van der Waals surface area contributed by atoms with Gasteiger partial charge in [-0.05, 0) is 34.1 Å². The largest absolute Gasteiger partial charge is 0.505 e. The molecule has 3 rings (SSSR count). The summed E-state index contributed by atoms with van der Waals surface area (Å²) in [7, 11) is 0. The minimum atomic E-state index is -0.881. The van der Waals surface area contributed by atoms with Crippen molar-refractivity contribution in [3.63, 3.8) is 0 Å². The fourth-order valence-electron chi connectivity index (χ4n) is 2.31. The minimum absolute atomic E-state index is 0.107. The zero-order valence-electron chi connectivity index (χ0n) is 10.2. The molecule has 1 aliphatic rings. The summed E-state index contributed by atoms with van der Waals surface area (Å²) in [5, 5.41) is 12.4. The lowest BCUT2D eigenvalue weighted by Crippen LogP contribution is -2.16. The normalized spacial score (nSPS) is 16.6. The average molecular weight is 337 g/mol. The molecule has 1 unspecified atom stereocenters. The Morgan fingerprint density at radius 1 is 1.50 bits per heavy atom. The highest BCUT2D eigenvalue weighted by Gasteiger charge is 2.32. The van der Waals surface area contributed by atoms with Crippen molar-refractivity contribution in [3.05, 3.63) is 51.9 Å². The minimum Gasteiger partial charge on any atom is -0.505 e. The monoisotopic (exact) mass is 336 g/mol. The van der Waals surface area contributed by atoms with Crippen molar-refractivity contribution >= 4 is 27.5 Å². The lowest BCUT2D eigenvalue weighted by molar-refractivity contribution is 0.0961. The molecule has 2 N–H and O–H groups in total. The van der Waals surface area contributed by atoms with Gasteiger partial charge >= 0.3 is 0 Å². The zero-order valence-corrected chi connectivity index (χ0v) is 11.8. The lowest BCUT2D eigenvalue weighted by Gasteiger charge is -2.10. The molecule has 2 heterocycles. The van der Waals surface area contributed by atoms with Gasteiger partial charge in [-0.3, -0.25) is 4.79 Å². The number of carbonyl (C=O) groups is 1. The average Bonchev–Trinajstić information content (AvgIpc) is 2.84. The van der Waals surface area contributed by atoms with Gasteiger partial charge in [0.15, 0.2) is 17.3 Å². The van der Waals surface area contributed by atoms with Gasteiger partial charge in [0.2, 0.25) is 0 Å². The van der Waals surface area contributed by atoms with E-state index in [1.807, 2.05) is 0 Å². The van der Waals surface area contributed by atoms with Crippen molar-refractivity contribution < 1.29 is 14.3 Å². The topological polar surface area (TPSA) is 62.2 Å². The summed E-state index contributed by atoms with van der Waals surface area (Å²) >= 11 is 3.31. The Labute approximate surface area is 122 Å². The summed E-state index contributed by atoms with van der Waals surface area (Å²) in [6.07, 6.45) is 1.63. The van der Waals surface area contributed by atoms with Crippen LogP contribution in [0.2, 0.25) is 0 Å². The van der Waals surface area contributed by atoms with Gasteiger partial charge in [-0.15, -0.1) is 0 Å². The molecule has 0 fully saturated rings. The molecule has 1 atom stereocenters. The van der Waals surface area contributed by atoms with Gasteiger partial charge in [-0.25, -0.2) is 9.37 Å². The first kappa shape index (κ1) is 13.1. The predicted octanol–water partition coefficient (Wildman–Crippen LogP) is 3.08. The molecule has 0 saturated heterocycles. The van der Waals surface area contributed by atoms with Crippen LogP contribution in [0.25, 0.3) is 0 Å². The molecule has 0 amide bonds. The summed E-state index contributed by atoms with van der Waals surface area (Å²) < 4.78 is 14.6. The lowest BCUT2D eigenvalue weighted by atomic mass is 9.93. The summed E-state index contributed by atoms with van der Waals surface area (Å²) in [6, 6.07) is 5.84. The molecule has 0 radical (unpaired) electrons. The number of nitrogens with zero attached hydrogens (tertiary/aromatic N) is 1. The first-order valence-electron chi connectivity index (χ1n) is 5.99. The van der Waals surface area contributed by atoms with E-state index in [9.17, 15) is 14.3 Å². The second-order valence-electron chi connectivity index (χ2n) is 4.53. The van der Waals surface area contributed by atoms with Crippen molar-refractivity contribution in [1.82, 2.24) is 4.98 Å². The van der Waals surface area contributed by atoms with Gasteiger partial charge in [0.25, 0.3) is 0 Å². The molecular formula is C14H10BrFN2O2. The maximum atomic E-state index is 13.8. The molecule has 4 nitrogen and oxygen atoms in total. The molecular weight excluding hydrogens is 327 g/mol. The van der Waals surface area contributed by atoms with Crippen LogP contribution in [0, 0.1) is 5.82 Å². The quantitative estimate of drug-likeness (QED) is 0.827. The van der Waals surface area contributed by atoms with E-state index in [0.29, 0.717) is 12.4 Å². The fourth-order valence-corrected chi connectivity index (χ4v) is 2.66. The zero-order chi connectivity index (χ0) is 14.3. The number of phenols is 1. The molecule has 0 aliphatic carbocycles. The molecule has 1 aromatic heterocycles. The number of fused-ring (bicyclic) bond motifs is 1. The number of pyridine rings is 1. The van der Waals surface area contributed by atoms with Crippen molar-refractivity contribution in [3.8, 4) is 5.75 Å². The number of carbonyl (C=O) groups excluding carboxylic acids is 1. The SMILES string of the molecule is O=C(c1cccc(O)c1F)C1CNc2ncc(Br)cc21. The number of aromatic nitrogens is 1. The molecule has 0 bridgehead atoms. The Balaban J connectivity index is 2.02. The molecule has 2 aromatic rings. The van der Waals surface area contributed by atoms with Crippen molar-refractivity contribution in [2.45, 2.75) is 5.92 Å². The third-order valence-electron chi connectivity index (χ3n) is 3.29. The number of ketones is 1. The van der Waals surface area contributed by atoms with Crippen LogP contribution in [0.4, 0.5) is 10.2 Å². The summed E-state index contributed by atoms with van der Waals surface area (Å²) in [6.45, 7) is 0.368. The van der Waals surface area contributed by atoms with Crippen LogP contribution in [0.5, 0.6) is 5.75 Å². The molecule has 102 valence electrons. The van der Waals surface area contributed by atoms with E-state index in [-0.39, 0.29) is 11.3 Å². The van der Waals surface area contributed by atoms with Gasteiger partial charge in [0.1, 0.15) is 5.82 Å². The van der Waals surface area contributed by atoms with Gasteiger partial charge in [-0.1, -0.05) is 6.07 Å². The highest BCUT2D eigenvalue weighted by atomic mass is 79.9. The standard InChI is InChI=1S/C14H10BrFN2O2/c15-7-4-9-10(6-18-14(9)17-5-7)13(20)8-2-1-3-11(19)12(8)16/h1-5,10,19H,6H2,(H,17,18). The van der Waals surface area contributed by atoms with Crippen LogP contribution in [0.15, 0.2) is 34.9 Å². The molecule has 20 heavy (non-hydrogen) atoms. The van der Waals surface area contributed by atoms with E-state index >= 15 is 0 Å². The maximum absolute atomic E-state index is 13.8. The number of hydrogen-bond acceptors (Lipinski definition) is 4. The number of rotatable bonds is 2. The highest BCUT2D eigenvalue weighted by molar-refractivity contribution is 9.10. The summed E-state index contributed by atoms with van der Waals surface area (Å²) in [5.74, 6) is -1.65. The third-order valence-corrected chi connectivity index (χ3v) is 3.73. The Hall–Kier alpha value is -1.95. The van der Waals surface area contributed by atoms with Crippen molar-refractivity contribution in [2.24, 2.45) is 0 Å². The van der Waals surface area contributed by atoms with Crippen LogP contribution in [0.1, 0.15) is 21.8 Å². The number of benzene rings is 1. The van der Waals surface area contributed by atoms with E-state index in [2.05, 4.69) is 26.2 Å². The van der Waals surface area contributed by atoms with E-state index in [4.69, 9.17) is 0 Å². The van der Waals surface area contributed by atoms with E-state index < -0.39 is 17.5 Å². The van der Waals surface area contributed by atoms with E-state index in [1.54, 1.807) is 12.3 Å². The van der Waals surface area contributed by atoms with Crippen LogP contribution in [-0.2, 0) is 0 Å². The molecule has 1 aromatic carbocycles. The fraction of sp³-hybridized carbons (Fsp3) is 0.143. The molecule has 0 spiro atoms. The van der Waals surface area contributed by atoms with Crippen molar-refractivity contribution in [2.75, 3.05) is 11.9 Å². The van der Waals surface area contributed by atoms with Crippen LogP contribution in [0.3, 0.4) is 0 Å². The van der Waals surface area contributed by atoms with Crippen LogP contribution in [-0.4, -0.2) is 22.4 Å². The smallest absolute Gasteiger partial charge is 0.175 e. The van der Waals surface area contributed by atoms with Gasteiger partial charge in [0, 0.05) is 22.8 Å². The first-order chi connectivity index (χ1) is 9.58. The summed E-state index contributed by atoms with van der Waals surface area (Å²) in [4.78, 5) is 16.6. The van der Waals surface area contributed by atoms with E-state index in [1.165, 1.54) is 18.2 Å². The number of anilines is 1. The number of hydrogen-bond donors (Lipinski definition) is 2. The Bertz CT molecular complexity index is 706. The Morgan fingerprint density at radius 3 is 3.10 bits per heavy atom. The molecule has 1 aliphatic heterocycles. The second kappa shape index (κ2) is 4.86. The van der Waals surface area contributed by atoms with E-state index in [0.717, 1.165) is 10.0 Å². The summed E-state index contributed by atoms with van der Waals surface area (Å²) in [5.41, 5.74) is 0.622. The first-order valence-corrected chi connectivity index (χ1v) is 6.78. The number of aromatic hydroxyl groups is 1. The van der Waals surface area contributed by atoms with Gasteiger partial charge in [-0.2, -0.15) is 0 Å². The number of halogens is 2. The van der Waals surface area contributed by atoms with Gasteiger partial charge < -0.3 is 10.4 Å².